The van der Waals surface area contributed by atoms with Gasteiger partial charge in [0.15, 0.2) is 0 Å². The quantitative estimate of drug-likeness (QED) is 0.864. The van der Waals surface area contributed by atoms with Crippen molar-refractivity contribution >= 4 is 11.9 Å². The van der Waals surface area contributed by atoms with Gasteiger partial charge in [-0.15, -0.1) is 0 Å². The van der Waals surface area contributed by atoms with Gasteiger partial charge in [-0.25, -0.2) is 9.59 Å². The SMILES string of the molecule is O=C(O)C1=CC=CC2Cc3c(cccc3C(=O)O)CC12. The van der Waals surface area contributed by atoms with Crippen LogP contribution in [0.3, 0.4) is 0 Å². The smallest absolute Gasteiger partial charge is 0.335 e. The Morgan fingerprint density at radius 3 is 2.60 bits per heavy atom. The zero-order valence-corrected chi connectivity index (χ0v) is 10.7. The second-order valence-electron chi connectivity index (χ2n) is 5.24. The van der Waals surface area contributed by atoms with Crippen LogP contribution in [0.4, 0.5) is 0 Å². The number of aromatic carboxylic acids is 1. The first kappa shape index (κ1) is 12.7. The highest BCUT2D eigenvalue weighted by atomic mass is 16.4. The van der Waals surface area contributed by atoms with Crippen molar-refractivity contribution in [2.45, 2.75) is 12.8 Å². The third-order valence-electron chi connectivity index (χ3n) is 4.18. The Kier molecular flexibility index (Phi) is 2.93. The molecule has 0 radical (unpaired) electrons. The fraction of sp³-hybridized carbons (Fsp3) is 0.250. The molecule has 2 aliphatic carbocycles. The monoisotopic (exact) mass is 270 g/mol. The van der Waals surface area contributed by atoms with Crippen LogP contribution in [0.1, 0.15) is 21.5 Å². The summed E-state index contributed by atoms with van der Waals surface area (Å²) in [5.74, 6) is -1.80. The largest absolute Gasteiger partial charge is 0.478 e. The minimum Gasteiger partial charge on any atom is -0.478 e. The zero-order valence-electron chi connectivity index (χ0n) is 10.7. The molecule has 4 heteroatoms. The van der Waals surface area contributed by atoms with E-state index >= 15 is 0 Å². The molecule has 0 aliphatic heterocycles. The van der Waals surface area contributed by atoms with Crippen LogP contribution in [0.5, 0.6) is 0 Å². The van der Waals surface area contributed by atoms with E-state index in [2.05, 4.69) is 0 Å². The van der Waals surface area contributed by atoms with Crippen LogP contribution in [0.15, 0.2) is 42.0 Å². The fourth-order valence-corrected chi connectivity index (χ4v) is 3.23. The highest BCUT2D eigenvalue weighted by Gasteiger charge is 2.35. The van der Waals surface area contributed by atoms with Crippen molar-refractivity contribution in [1.82, 2.24) is 0 Å². The van der Waals surface area contributed by atoms with Gasteiger partial charge >= 0.3 is 11.9 Å². The summed E-state index contributed by atoms with van der Waals surface area (Å²) in [4.78, 5) is 22.6. The van der Waals surface area contributed by atoms with Gasteiger partial charge in [0, 0.05) is 11.5 Å². The van der Waals surface area contributed by atoms with Crippen LogP contribution in [0.2, 0.25) is 0 Å². The highest BCUT2D eigenvalue weighted by Crippen LogP contribution is 2.38. The van der Waals surface area contributed by atoms with Crippen molar-refractivity contribution in [3.8, 4) is 0 Å². The van der Waals surface area contributed by atoms with E-state index in [-0.39, 0.29) is 11.8 Å². The molecule has 0 heterocycles. The van der Waals surface area contributed by atoms with Crippen molar-refractivity contribution in [2.75, 3.05) is 0 Å². The van der Waals surface area contributed by atoms with Crippen LogP contribution >= 0.6 is 0 Å². The predicted octanol–water partition coefficient (Wildman–Crippen LogP) is 2.30. The molecule has 2 N–H and O–H groups in total. The van der Waals surface area contributed by atoms with E-state index in [4.69, 9.17) is 0 Å². The summed E-state index contributed by atoms with van der Waals surface area (Å²) in [6.45, 7) is 0. The number of carbonyl (C=O) groups is 2. The average molecular weight is 270 g/mol. The first-order chi connectivity index (χ1) is 9.58. The predicted molar refractivity (Wildman–Crippen MR) is 72.6 cm³/mol. The lowest BCUT2D eigenvalue weighted by atomic mass is 9.69. The van der Waals surface area contributed by atoms with E-state index in [1.807, 2.05) is 12.1 Å². The number of hydrogen-bond donors (Lipinski definition) is 2. The number of carboxylic acids is 2. The maximum atomic E-state index is 11.3. The van der Waals surface area contributed by atoms with Crippen LogP contribution in [-0.2, 0) is 17.6 Å². The molecule has 0 spiro atoms. The zero-order chi connectivity index (χ0) is 14.3. The lowest BCUT2D eigenvalue weighted by Gasteiger charge is -2.34. The number of fused-ring (bicyclic) bond motifs is 2. The molecule has 2 atom stereocenters. The molecule has 4 nitrogen and oxygen atoms in total. The standard InChI is InChI=1S/C16H14O4/c17-15(18)11-5-1-3-9-7-14-10(8-13(9)11)4-2-6-12(14)16(19)20/h1-6,9,13H,7-8H2,(H,17,18)(H,19,20). The molecular formula is C16H14O4. The van der Waals surface area contributed by atoms with Crippen molar-refractivity contribution in [3.63, 3.8) is 0 Å². The van der Waals surface area contributed by atoms with Gasteiger partial charge in [0.25, 0.3) is 0 Å². The molecule has 1 aromatic rings. The lowest BCUT2D eigenvalue weighted by Crippen LogP contribution is -2.31. The highest BCUT2D eigenvalue weighted by molar-refractivity contribution is 5.90. The van der Waals surface area contributed by atoms with Crippen LogP contribution in [0, 0.1) is 11.8 Å². The number of carboxylic acid groups (broad SMARTS) is 2. The molecule has 0 aromatic heterocycles. The Morgan fingerprint density at radius 1 is 1.10 bits per heavy atom. The third kappa shape index (κ3) is 1.93. The van der Waals surface area contributed by atoms with Crippen molar-refractivity contribution < 1.29 is 19.8 Å². The number of rotatable bonds is 2. The Hall–Kier alpha value is -2.36. The van der Waals surface area contributed by atoms with Gasteiger partial charge in [-0.1, -0.05) is 30.4 Å². The number of aliphatic carboxylic acids is 1. The first-order valence-corrected chi connectivity index (χ1v) is 6.53. The normalized spacial score (nSPS) is 23.5. The molecule has 20 heavy (non-hydrogen) atoms. The van der Waals surface area contributed by atoms with Gasteiger partial charge in [-0.3, -0.25) is 0 Å². The summed E-state index contributed by atoms with van der Waals surface area (Å²) in [6.07, 6.45) is 6.57. The molecule has 2 unspecified atom stereocenters. The Labute approximate surface area is 116 Å². The fourth-order valence-electron chi connectivity index (χ4n) is 3.23. The van der Waals surface area contributed by atoms with E-state index in [9.17, 15) is 19.8 Å². The molecular weight excluding hydrogens is 256 g/mol. The van der Waals surface area contributed by atoms with Gasteiger partial charge < -0.3 is 10.2 Å². The summed E-state index contributed by atoms with van der Waals surface area (Å²) in [6, 6.07) is 5.24. The first-order valence-electron chi connectivity index (χ1n) is 6.53. The maximum Gasteiger partial charge on any atom is 0.335 e. The van der Waals surface area contributed by atoms with Gasteiger partial charge in [0.1, 0.15) is 0 Å². The number of benzene rings is 1. The molecule has 0 saturated heterocycles. The molecule has 1 aromatic carbocycles. The van der Waals surface area contributed by atoms with E-state index in [0.29, 0.717) is 24.0 Å². The summed E-state index contributed by atoms with van der Waals surface area (Å²) in [5.41, 5.74) is 2.55. The molecule has 2 aliphatic rings. The van der Waals surface area contributed by atoms with Crippen molar-refractivity contribution in [2.24, 2.45) is 11.8 Å². The average Bonchev–Trinajstić information content (AvgIpc) is 2.43. The number of allylic oxidation sites excluding steroid dienone is 3. The van der Waals surface area contributed by atoms with Gasteiger partial charge in [-0.05, 0) is 36.0 Å². The van der Waals surface area contributed by atoms with E-state index < -0.39 is 11.9 Å². The molecule has 0 amide bonds. The van der Waals surface area contributed by atoms with Crippen molar-refractivity contribution in [3.05, 3.63) is 58.7 Å². The molecule has 0 fully saturated rings. The van der Waals surface area contributed by atoms with Crippen LogP contribution < -0.4 is 0 Å². The Morgan fingerprint density at radius 2 is 1.90 bits per heavy atom. The number of hydrogen-bond acceptors (Lipinski definition) is 2. The van der Waals surface area contributed by atoms with Gasteiger partial charge in [0.2, 0.25) is 0 Å². The topological polar surface area (TPSA) is 74.6 Å². The van der Waals surface area contributed by atoms with E-state index in [1.165, 1.54) is 0 Å². The van der Waals surface area contributed by atoms with Gasteiger partial charge in [0.05, 0.1) is 5.56 Å². The summed E-state index contributed by atoms with van der Waals surface area (Å²) >= 11 is 0. The Bertz CT molecular complexity index is 654. The maximum absolute atomic E-state index is 11.3. The minimum absolute atomic E-state index is 0.0611. The van der Waals surface area contributed by atoms with Gasteiger partial charge in [-0.2, -0.15) is 0 Å². The molecule has 0 bridgehead atoms. The summed E-state index contributed by atoms with van der Waals surface area (Å²) < 4.78 is 0. The second kappa shape index (κ2) is 4.63. The molecule has 3 rings (SSSR count). The van der Waals surface area contributed by atoms with Crippen LogP contribution in [-0.4, -0.2) is 22.2 Å². The second-order valence-corrected chi connectivity index (χ2v) is 5.24. The molecule has 102 valence electrons. The third-order valence-corrected chi connectivity index (χ3v) is 4.18. The summed E-state index contributed by atoms with van der Waals surface area (Å²) in [5, 5.41) is 18.5. The van der Waals surface area contributed by atoms with Crippen LogP contribution in [0.25, 0.3) is 0 Å². The van der Waals surface area contributed by atoms with E-state index in [1.54, 1.807) is 24.3 Å². The Balaban J connectivity index is 2.04. The lowest BCUT2D eigenvalue weighted by molar-refractivity contribution is -0.133. The van der Waals surface area contributed by atoms with E-state index in [0.717, 1.165) is 11.1 Å². The van der Waals surface area contributed by atoms with Crippen molar-refractivity contribution in [1.29, 1.82) is 0 Å². The minimum atomic E-state index is -0.922. The molecule has 0 saturated carbocycles. The summed E-state index contributed by atoms with van der Waals surface area (Å²) in [7, 11) is 0.